The first-order valence-corrected chi connectivity index (χ1v) is 13.2. The Bertz CT molecular complexity index is 1210. The molecule has 34 heavy (non-hydrogen) atoms. The van der Waals surface area contributed by atoms with Gasteiger partial charge in [0.2, 0.25) is 15.9 Å². The van der Waals surface area contributed by atoms with Crippen LogP contribution in [0.1, 0.15) is 34.3 Å². The maximum absolute atomic E-state index is 13.2. The van der Waals surface area contributed by atoms with Gasteiger partial charge < -0.3 is 10.2 Å². The van der Waals surface area contributed by atoms with Gasteiger partial charge in [-0.1, -0.05) is 30.8 Å². The van der Waals surface area contributed by atoms with Crippen LogP contribution in [-0.2, 0) is 27.8 Å². The summed E-state index contributed by atoms with van der Waals surface area (Å²) >= 11 is 0. The molecule has 0 radical (unpaired) electrons. The Hall–Kier alpha value is -2.97. The van der Waals surface area contributed by atoms with E-state index < -0.39 is 10.0 Å². The van der Waals surface area contributed by atoms with Crippen molar-refractivity contribution in [2.75, 3.05) is 19.6 Å². The zero-order valence-electron chi connectivity index (χ0n) is 19.0. The maximum Gasteiger partial charge on any atom is 0.254 e. The highest BCUT2D eigenvalue weighted by molar-refractivity contribution is 7.89. The molecule has 2 aromatic rings. The predicted octanol–water partition coefficient (Wildman–Crippen LogP) is 2.59. The minimum atomic E-state index is -3.63. The summed E-state index contributed by atoms with van der Waals surface area (Å²) in [5.74, 6) is 0.222. The van der Waals surface area contributed by atoms with Gasteiger partial charge >= 0.3 is 0 Å². The third-order valence-electron chi connectivity index (χ3n) is 7.41. The molecular weight excluding hydrogens is 450 g/mol. The van der Waals surface area contributed by atoms with Crippen molar-refractivity contribution >= 4 is 21.8 Å². The van der Waals surface area contributed by atoms with Crippen LogP contribution < -0.4 is 5.32 Å². The molecular formula is C26H29N3O4S. The van der Waals surface area contributed by atoms with E-state index >= 15 is 0 Å². The average molecular weight is 480 g/mol. The van der Waals surface area contributed by atoms with Gasteiger partial charge in [-0.05, 0) is 72.6 Å². The van der Waals surface area contributed by atoms with Crippen molar-refractivity contribution in [3.63, 3.8) is 0 Å². The smallest absolute Gasteiger partial charge is 0.254 e. The van der Waals surface area contributed by atoms with Gasteiger partial charge in [-0.2, -0.15) is 4.31 Å². The maximum atomic E-state index is 13.2. The second-order valence-corrected chi connectivity index (χ2v) is 11.4. The Balaban J connectivity index is 1.23. The zero-order chi connectivity index (χ0) is 23.9. The van der Waals surface area contributed by atoms with Crippen LogP contribution in [0.2, 0.25) is 0 Å². The molecule has 3 aliphatic rings. The highest BCUT2D eigenvalue weighted by Gasteiger charge is 2.45. The average Bonchev–Trinajstić information content (AvgIpc) is 3.42. The van der Waals surface area contributed by atoms with Gasteiger partial charge in [0.1, 0.15) is 0 Å². The molecule has 8 heteroatoms. The van der Waals surface area contributed by atoms with Gasteiger partial charge in [0, 0.05) is 37.8 Å². The van der Waals surface area contributed by atoms with E-state index in [1.807, 2.05) is 23.1 Å². The SMILES string of the molecule is C=CC(=O)NC1CC2CN(S(=O)(=O)c3ccc(C(=O)N4CCc5ccccc5C4)cc3)CC2C1. The summed E-state index contributed by atoms with van der Waals surface area (Å²) < 4.78 is 28.0. The molecule has 0 aromatic heterocycles. The second kappa shape index (κ2) is 9.00. The van der Waals surface area contributed by atoms with E-state index in [-0.39, 0.29) is 34.6 Å². The number of nitrogens with zero attached hydrogens (tertiary/aromatic N) is 2. The molecule has 5 rings (SSSR count). The Kier molecular flexibility index (Phi) is 6.04. The first-order valence-electron chi connectivity index (χ1n) is 11.7. The zero-order valence-corrected chi connectivity index (χ0v) is 19.8. The molecule has 1 N–H and O–H groups in total. The van der Waals surface area contributed by atoms with Crippen molar-refractivity contribution in [3.8, 4) is 0 Å². The summed E-state index contributed by atoms with van der Waals surface area (Å²) in [4.78, 5) is 26.6. The van der Waals surface area contributed by atoms with E-state index in [1.54, 1.807) is 28.6 Å². The van der Waals surface area contributed by atoms with Crippen LogP contribution in [0.15, 0.2) is 66.1 Å². The van der Waals surface area contributed by atoms with Gasteiger partial charge in [-0.3, -0.25) is 9.59 Å². The Morgan fingerprint density at radius 3 is 2.26 bits per heavy atom. The third-order valence-corrected chi connectivity index (χ3v) is 9.25. The number of fused-ring (bicyclic) bond motifs is 2. The predicted molar refractivity (Wildman–Crippen MR) is 128 cm³/mol. The molecule has 2 heterocycles. The fourth-order valence-corrected chi connectivity index (χ4v) is 7.15. The van der Waals surface area contributed by atoms with Crippen LogP contribution in [-0.4, -0.2) is 55.1 Å². The van der Waals surface area contributed by atoms with Crippen molar-refractivity contribution in [3.05, 3.63) is 77.9 Å². The Morgan fingerprint density at radius 2 is 1.62 bits per heavy atom. The van der Waals surface area contributed by atoms with Crippen molar-refractivity contribution in [2.45, 2.75) is 36.7 Å². The standard InChI is InChI=1S/C26H29N3O4S/c1-2-25(30)27-23-13-21-16-29(17-22(21)14-23)34(32,33)24-9-7-19(8-10-24)26(31)28-12-11-18-5-3-4-6-20(18)15-28/h2-10,21-23H,1,11-17H2,(H,27,30). The number of hydrogen-bond donors (Lipinski definition) is 1. The molecule has 0 bridgehead atoms. The summed E-state index contributed by atoms with van der Waals surface area (Å²) in [6.45, 7) is 5.62. The monoisotopic (exact) mass is 479 g/mol. The van der Waals surface area contributed by atoms with Crippen molar-refractivity contribution in [2.24, 2.45) is 11.8 Å². The lowest BCUT2D eigenvalue weighted by atomic mass is 9.99. The molecule has 178 valence electrons. The van der Waals surface area contributed by atoms with E-state index in [2.05, 4.69) is 18.0 Å². The Labute approximate surface area is 200 Å². The molecule has 7 nitrogen and oxygen atoms in total. The molecule has 2 amide bonds. The number of hydrogen-bond acceptors (Lipinski definition) is 4. The highest BCUT2D eigenvalue weighted by atomic mass is 32.2. The van der Waals surface area contributed by atoms with Crippen molar-refractivity contribution in [1.82, 2.24) is 14.5 Å². The molecule has 2 aliphatic heterocycles. The van der Waals surface area contributed by atoms with Crippen LogP contribution >= 0.6 is 0 Å². The van der Waals surface area contributed by atoms with Gasteiger partial charge in [-0.15, -0.1) is 0 Å². The number of sulfonamides is 1. The van der Waals surface area contributed by atoms with E-state index in [0.29, 0.717) is 31.7 Å². The van der Waals surface area contributed by atoms with Gasteiger partial charge in [-0.25, -0.2) is 8.42 Å². The Morgan fingerprint density at radius 1 is 0.971 bits per heavy atom. The quantitative estimate of drug-likeness (QED) is 0.668. The molecule has 2 unspecified atom stereocenters. The number of carbonyl (C=O) groups excluding carboxylic acids is 2. The second-order valence-electron chi connectivity index (χ2n) is 9.49. The lowest BCUT2D eigenvalue weighted by Crippen LogP contribution is -2.36. The van der Waals surface area contributed by atoms with Crippen LogP contribution in [0.25, 0.3) is 0 Å². The number of rotatable bonds is 5. The fourth-order valence-electron chi connectivity index (χ4n) is 5.60. The number of benzene rings is 2. The fraction of sp³-hybridized carbons (Fsp3) is 0.385. The van der Waals surface area contributed by atoms with E-state index in [0.717, 1.165) is 24.8 Å². The lowest BCUT2D eigenvalue weighted by Gasteiger charge is -2.29. The van der Waals surface area contributed by atoms with Crippen molar-refractivity contribution in [1.29, 1.82) is 0 Å². The summed E-state index contributed by atoms with van der Waals surface area (Å²) in [6, 6.07) is 14.5. The first-order chi connectivity index (χ1) is 16.3. The van der Waals surface area contributed by atoms with E-state index in [4.69, 9.17) is 0 Å². The topological polar surface area (TPSA) is 86.8 Å². The van der Waals surface area contributed by atoms with E-state index in [1.165, 1.54) is 11.6 Å². The summed E-state index contributed by atoms with van der Waals surface area (Å²) in [6.07, 6.45) is 3.65. The van der Waals surface area contributed by atoms with Crippen LogP contribution in [0, 0.1) is 11.8 Å². The minimum Gasteiger partial charge on any atom is -0.350 e. The highest BCUT2D eigenvalue weighted by Crippen LogP contribution is 2.40. The van der Waals surface area contributed by atoms with Gasteiger partial charge in [0.15, 0.2) is 0 Å². The summed E-state index contributed by atoms with van der Waals surface area (Å²) in [7, 11) is -3.63. The summed E-state index contributed by atoms with van der Waals surface area (Å²) in [5.41, 5.74) is 2.93. The molecule has 2 aromatic carbocycles. The van der Waals surface area contributed by atoms with Crippen LogP contribution in [0.5, 0.6) is 0 Å². The van der Waals surface area contributed by atoms with Gasteiger partial charge in [0.05, 0.1) is 4.90 Å². The number of nitrogens with one attached hydrogen (secondary N) is 1. The van der Waals surface area contributed by atoms with Crippen LogP contribution in [0.4, 0.5) is 0 Å². The molecule has 2 atom stereocenters. The number of carbonyl (C=O) groups is 2. The number of amides is 2. The van der Waals surface area contributed by atoms with Crippen molar-refractivity contribution < 1.29 is 18.0 Å². The minimum absolute atomic E-state index is 0.0809. The van der Waals surface area contributed by atoms with Crippen LogP contribution in [0.3, 0.4) is 0 Å². The normalized spacial score (nSPS) is 24.4. The first kappa shape index (κ1) is 22.8. The molecule has 1 aliphatic carbocycles. The summed E-state index contributed by atoms with van der Waals surface area (Å²) in [5, 5.41) is 2.93. The molecule has 0 spiro atoms. The van der Waals surface area contributed by atoms with E-state index in [9.17, 15) is 18.0 Å². The third kappa shape index (κ3) is 4.28. The largest absolute Gasteiger partial charge is 0.350 e. The lowest BCUT2D eigenvalue weighted by molar-refractivity contribution is -0.117. The molecule has 1 saturated heterocycles. The van der Waals surface area contributed by atoms with Gasteiger partial charge in [0.25, 0.3) is 5.91 Å². The molecule has 2 fully saturated rings. The molecule has 1 saturated carbocycles.